The monoisotopic (exact) mass is 454 g/mol. The van der Waals surface area contributed by atoms with E-state index in [9.17, 15) is 9.59 Å². The highest BCUT2D eigenvalue weighted by Crippen LogP contribution is 2.23. The molecule has 4 rings (SSSR count). The van der Waals surface area contributed by atoms with Crippen molar-refractivity contribution in [2.75, 3.05) is 11.4 Å². The van der Waals surface area contributed by atoms with Crippen molar-refractivity contribution in [3.63, 3.8) is 0 Å². The van der Waals surface area contributed by atoms with E-state index in [4.69, 9.17) is 4.98 Å². The highest BCUT2D eigenvalue weighted by atomic mass is 16.2. The average molecular weight is 455 g/mol. The maximum atomic E-state index is 13.4. The van der Waals surface area contributed by atoms with Gasteiger partial charge in [-0.1, -0.05) is 48.0 Å². The number of nitrogens with zero attached hydrogens (tertiary/aromatic N) is 3. The van der Waals surface area contributed by atoms with E-state index in [2.05, 4.69) is 5.32 Å². The Hall–Kier alpha value is -3.93. The van der Waals surface area contributed by atoms with Crippen molar-refractivity contribution in [1.29, 1.82) is 0 Å². The fourth-order valence-corrected chi connectivity index (χ4v) is 4.33. The number of rotatable bonds is 7. The number of hydrogen-bond donors (Lipinski definition) is 1. The minimum atomic E-state index is -0.389. The van der Waals surface area contributed by atoms with Gasteiger partial charge < -0.3 is 14.8 Å². The fraction of sp³-hybridized carbons (Fsp3) is 0.250. The second-order valence-corrected chi connectivity index (χ2v) is 8.53. The second-order valence-electron chi connectivity index (χ2n) is 8.53. The van der Waals surface area contributed by atoms with Gasteiger partial charge in [-0.25, -0.2) is 4.98 Å². The summed E-state index contributed by atoms with van der Waals surface area (Å²) >= 11 is 0. The first kappa shape index (κ1) is 23.2. The highest BCUT2D eigenvalue weighted by Gasteiger charge is 2.23. The molecule has 4 aromatic rings. The molecule has 0 aliphatic heterocycles. The molecule has 0 aliphatic rings. The van der Waals surface area contributed by atoms with E-state index in [0.717, 1.165) is 27.8 Å². The van der Waals surface area contributed by atoms with Crippen LogP contribution in [0.25, 0.3) is 11.0 Å². The van der Waals surface area contributed by atoms with E-state index in [-0.39, 0.29) is 24.4 Å². The van der Waals surface area contributed by atoms with Gasteiger partial charge in [0, 0.05) is 17.8 Å². The lowest BCUT2D eigenvalue weighted by Gasteiger charge is -2.23. The predicted octanol–water partition coefficient (Wildman–Crippen LogP) is 5.20. The Labute approximate surface area is 200 Å². The predicted molar refractivity (Wildman–Crippen MR) is 136 cm³/mol. The molecule has 0 saturated heterocycles. The van der Waals surface area contributed by atoms with Crippen LogP contribution in [0.1, 0.15) is 47.2 Å². The molecule has 1 aromatic heterocycles. The van der Waals surface area contributed by atoms with Gasteiger partial charge in [0.15, 0.2) is 0 Å². The van der Waals surface area contributed by atoms with Crippen molar-refractivity contribution in [1.82, 2.24) is 14.9 Å². The Morgan fingerprint density at radius 2 is 1.71 bits per heavy atom. The van der Waals surface area contributed by atoms with Gasteiger partial charge in [0.2, 0.25) is 5.91 Å². The maximum absolute atomic E-state index is 13.4. The molecule has 0 radical (unpaired) electrons. The number of nitrogens with one attached hydrogen (secondary N) is 1. The third-order valence-corrected chi connectivity index (χ3v) is 6.02. The maximum Gasteiger partial charge on any atom is 0.252 e. The summed E-state index contributed by atoms with van der Waals surface area (Å²) < 4.78 is 1.91. The topological polar surface area (TPSA) is 67.2 Å². The summed E-state index contributed by atoms with van der Waals surface area (Å²) in [6.45, 7) is 8.49. The zero-order chi connectivity index (χ0) is 24.2. The van der Waals surface area contributed by atoms with Gasteiger partial charge in [-0.15, -0.1) is 0 Å². The van der Waals surface area contributed by atoms with Gasteiger partial charge in [0.1, 0.15) is 12.4 Å². The van der Waals surface area contributed by atoms with E-state index in [0.29, 0.717) is 17.9 Å². The Morgan fingerprint density at radius 1 is 1.00 bits per heavy atom. The Kier molecular flexibility index (Phi) is 6.77. The number of aromatic nitrogens is 2. The number of fused-ring (bicyclic) bond motifs is 1. The minimum Gasteiger partial charge on any atom is -0.342 e. The molecular formula is C28H30N4O2. The molecule has 6 nitrogen and oxygen atoms in total. The van der Waals surface area contributed by atoms with Gasteiger partial charge in [0.25, 0.3) is 5.91 Å². The summed E-state index contributed by atoms with van der Waals surface area (Å²) in [5.74, 6) is 0.456. The molecule has 0 spiro atoms. The number of anilines is 1. The fourth-order valence-electron chi connectivity index (χ4n) is 4.33. The first-order chi connectivity index (χ1) is 16.4. The van der Waals surface area contributed by atoms with Crippen LogP contribution in [0.2, 0.25) is 0 Å². The smallest absolute Gasteiger partial charge is 0.252 e. The third kappa shape index (κ3) is 4.71. The van der Waals surface area contributed by atoms with E-state index < -0.39 is 0 Å². The molecule has 1 unspecified atom stereocenters. The summed E-state index contributed by atoms with van der Waals surface area (Å²) in [6, 6.07) is 22.8. The average Bonchev–Trinajstić information content (AvgIpc) is 3.18. The SMILES string of the molecule is CCN(C(=O)Cn1c(C(C)NC(=O)c2ccc(C)cc2C)nc2ccccc21)c1ccccc1. The van der Waals surface area contributed by atoms with Gasteiger partial charge in [0.05, 0.1) is 17.1 Å². The molecule has 0 aliphatic carbocycles. The number of carbonyl (C=O) groups is 2. The normalized spacial score (nSPS) is 11.9. The number of carbonyl (C=O) groups excluding carboxylic acids is 2. The van der Waals surface area contributed by atoms with Crippen LogP contribution in [0.3, 0.4) is 0 Å². The summed E-state index contributed by atoms with van der Waals surface area (Å²) in [5.41, 5.74) is 5.19. The van der Waals surface area contributed by atoms with Crippen molar-refractivity contribution in [3.8, 4) is 0 Å². The van der Waals surface area contributed by atoms with Crippen LogP contribution in [0.5, 0.6) is 0 Å². The van der Waals surface area contributed by atoms with Gasteiger partial charge >= 0.3 is 0 Å². The summed E-state index contributed by atoms with van der Waals surface area (Å²) in [6.07, 6.45) is 0. The van der Waals surface area contributed by atoms with E-state index >= 15 is 0 Å². The van der Waals surface area contributed by atoms with Crippen LogP contribution in [-0.2, 0) is 11.3 Å². The van der Waals surface area contributed by atoms with Gasteiger partial charge in [-0.3, -0.25) is 9.59 Å². The number of amides is 2. The van der Waals surface area contributed by atoms with E-state index in [1.807, 2.05) is 105 Å². The molecule has 1 heterocycles. The standard InChI is InChI=1S/C28H30N4O2/c1-5-31(22-11-7-6-8-12-22)26(33)18-32-25-14-10-9-13-24(25)30-27(32)21(4)29-28(34)23-16-15-19(2)17-20(23)3/h6-17,21H,5,18H2,1-4H3,(H,29,34). The lowest BCUT2D eigenvalue weighted by Crippen LogP contribution is -2.35. The number of likely N-dealkylation sites (N-methyl/N-ethyl adjacent to an activating group) is 1. The summed E-state index contributed by atoms with van der Waals surface area (Å²) in [4.78, 5) is 32.9. The van der Waals surface area contributed by atoms with Crippen LogP contribution in [0.15, 0.2) is 72.8 Å². The largest absolute Gasteiger partial charge is 0.342 e. The molecule has 34 heavy (non-hydrogen) atoms. The van der Waals surface area contributed by atoms with Crippen LogP contribution < -0.4 is 10.2 Å². The van der Waals surface area contributed by atoms with Crippen molar-refractivity contribution in [3.05, 3.63) is 95.3 Å². The van der Waals surface area contributed by atoms with Crippen LogP contribution in [-0.4, -0.2) is 27.9 Å². The van der Waals surface area contributed by atoms with Gasteiger partial charge in [-0.2, -0.15) is 0 Å². The van der Waals surface area contributed by atoms with Gasteiger partial charge in [-0.05, 0) is 63.6 Å². The third-order valence-electron chi connectivity index (χ3n) is 6.02. The number of para-hydroxylation sites is 3. The quantitative estimate of drug-likeness (QED) is 0.417. The molecule has 174 valence electrons. The first-order valence-electron chi connectivity index (χ1n) is 11.6. The zero-order valence-electron chi connectivity index (χ0n) is 20.1. The minimum absolute atomic E-state index is 0.0361. The molecule has 2 amide bonds. The molecular weight excluding hydrogens is 424 g/mol. The first-order valence-corrected chi connectivity index (χ1v) is 11.6. The number of aryl methyl sites for hydroxylation is 2. The molecule has 1 atom stereocenters. The highest BCUT2D eigenvalue weighted by molar-refractivity contribution is 5.96. The van der Waals surface area contributed by atoms with Crippen molar-refractivity contribution >= 4 is 28.5 Å². The van der Waals surface area contributed by atoms with Crippen molar-refractivity contribution in [2.24, 2.45) is 0 Å². The van der Waals surface area contributed by atoms with E-state index in [1.165, 1.54) is 0 Å². The van der Waals surface area contributed by atoms with Crippen molar-refractivity contribution in [2.45, 2.75) is 40.3 Å². The molecule has 3 aromatic carbocycles. The second kappa shape index (κ2) is 9.91. The van der Waals surface area contributed by atoms with E-state index in [1.54, 1.807) is 4.90 Å². The number of hydrogen-bond acceptors (Lipinski definition) is 3. The summed E-state index contributed by atoms with van der Waals surface area (Å²) in [7, 11) is 0. The lowest BCUT2D eigenvalue weighted by molar-refractivity contribution is -0.119. The number of imidazole rings is 1. The Bertz CT molecular complexity index is 1330. The molecule has 0 bridgehead atoms. The van der Waals surface area contributed by atoms with Crippen LogP contribution >= 0.6 is 0 Å². The molecule has 1 N–H and O–H groups in total. The van der Waals surface area contributed by atoms with Crippen LogP contribution in [0.4, 0.5) is 5.69 Å². The Morgan fingerprint density at radius 3 is 2.41 bits per heavy atom. The summed E-state index contributed by atoms with van der Waals surface area (Å²) in [5, 5.41) is 3.08. The molecule has 0 saturated carbocycles. The zero-order valence-corrected chi connectivity index (χ0v) is 20.1. The van der Waals surface area contributed by atoms with Crippen LogP contribution in [0, 0.1) is 13.8 Å². The molecule has 6 heteroatoms. The van der Waals surface area contributed by atoms with Crippen molar-refractivity contribution < 1.29 is 9.59 Å². The molecule has 0 fully saturated rings. The Balaban J connectivity index is 1.64. The lowest BCUT2D eigenvalue weighted by atomic mass is 10.0. The number of benzene rings is 3.